The van der Waals surface area contributed by atoms with Gasteiger partial charge in [-0.25, -0.2) is 14.8 Å². The van der Waals surface area contributed by atoms with Crippen LogP contribution in [-0.2, 0) is 18.9 Å². The number of aromatic nitrogens is 7. The lowest BCUT2D eigenvalue weighted by molar-refractivity contribution is -0.0245. The summed E-state index contributed by atoms with van der Waals surface area (Å²) < 4.78 is 30.9. The van der Waals surface area contributed by atoms with Gasteiger partial charge in [-0.1, -0.05) is 75.7 Å². The lowest BCUT2D eigenvalue weighted by Gasteiger charge is -2.11. The molecule has 0 saturated carbocycles. The molecule has 0 aliphatic heterocycles. The second-order valence-electron chi connectivity index (χ2n) is 8.91. The molecule has 0 fully saturated rings. The minimum Gasteiger partial charge on any atom is -0.245 e. The first-order valence-corrected chi connectivity index (χ1v) is 11.6. The maximum atomic E-state index is 14.7. The van der Waals surface area contributed by atoms with E-state index in [9.17, 15) is 8.78 Å². The molecular weight excluding hydrogens is 436 g/mol. The third-order valence-corrected chi connectivity index (χ3v) is 5.64. The SMILES string of the molecule is CCCCC(F)(F)c1nc(CC(C)C)n(Cc2ccc(-c3ccccc3-c3nnn[nH]3)cc2)n1. The third kappa shape index (κ3) is 5.35. The zero-order valence-corrected chi connectivity index (χ0v) is 19.7. The lowest BCUT2D eigenvalue weighted by atomic mass is 9.98. The van der Waals surface area contributed by atoms with Gasteiger partial charge in [0.25, 0.3) is 0 Å². The Morgan fingerprint density at radius 2 is 1.76 bits per heavy atom. The topological polar surface area (TPSA) is 85.2 Å². The van der Waals surface area contributed by atoms with Gasteiger partial charge in [0.05, 0.1) is 6.54 Å². The minimum absolute atomic E-state index is 0.233. The molecule has 0 radical (unpaired) electrons. The molecule has 0 aliphatic carbocycles. The molecule has 4 rings (SSSR count). The fourth-order valence-corrected chi connectivity index (χ4v) is 3.86. The average Bonchev–Trinajstić information content (AvgIpc) is 3.49. The smallest absolute Gasteiger partial charge is 0.245 e. The summed E-state index contributed by atoms with van der Waals surface area (Å²) in [4.78, 5) is 4.26. The average molecular weight is 466 g/mol. The van der Waals surface area contributed by atoms with E-state index < -0.39 is 5.92 Å². The molecule has 0 saturated heterocycles. The molecule has 34 heavy (non-hydrogen) atoms. The van der Waals surface area contributed by atoms with Crippen LogP contribution >= 0.6 is 0 Å². The Morgan fingerprint density at radius 1 is 1.03 bits per heavy atom. The summed E-state index contributed by atoms with van der Waals surface area (Å²) in [6, 6.07) is 15.9. The predicted molar refractivity (Wildman–Crippen MR) is 126 cm³/mol. The number of rotatable bonds is 10. The lowest BCUT2D eigenvalue weighted by Crippen LogP contribution is -2.16. The summed E-state index contributed by atoms with van der Waals surface area (Å²) in [6.07, 6.45) is 1.50. The molecule has 2 aromatic heterocycles. The fourth-order valence-electron chi connectivity index (χ4n) is 3.86. The van der Waals surface area contributed by atoms with Crippen molar-refractivity contribution in [1.29, 1.82) is 0 Å². The summed E-state index contributed by atoms with van der Waals surface area (Å²) in [5.41, 5.74) is 3.85. The van der Waals surface area contributed by atoms with E-state index in [2.05, 4.69) is 30.7 Å². The summed E-state index contributed by atoms with van der Waals surface area (Å²) in [5, 5.41) is 18.4. The van der Waals surface area contributed by atoms with Gasteiger partial charge in [0.2, 0.25) is 5.82 Å². The van der Waals surface area contributed by atoms with Crippen molar-refractivity contribution in [2.45, 2.75) is 58.9 Å². The van der Waals surface area contributed by atoms with Crippen molar-refractivity contribution in [3.05, 3.63) is 65.7 Å². The van der Waals surface area contributed by atoms with Crippen LogP contribution in [0, 0.1) is 5.92 Å². The number of alkyl halides is 2. The highest BCUT2D eigenvalue weighted by molar-refractivity contribution is 5.80. The van der Waals surface area contributed by atoms with Crippen LogP contribution in [0.15, 0.2) is 48.5 Å². The van der Waals surface area contributed by atoms with Crippen LogP contribution in [0.1, 0.15) is 57.2 Å². The number of hydrogen-bond donors (Lipinski definition) is 1. The van der Waals surface area contributed by atoms with Gasteiger partial charge < -0.3 is 0 Å². The first-order chi connectivity index (χ1) is 16.4. The fraction of sp³-hybridized carbons (Fsp3) is 0.400. The molecule has 1 N–H and O–H groups in total. The van der Waals surface area contributed by atoms with Gasteiger partial charge >= 0.3 is 5.92 Å². The predicted octanol–water partition coefficient (Wildman–Crippen LogP) is 5.65. The van der Waals surface area contributed by atoms with Gasteiger partial charge in [0, 0.05) is 18.4 Å². The third-order valence-electron chi connectivity index (χ3n) is 5.64. The molecular formula is C25H29F2N7. The van der Waals surface area contributed by atoms with Crippen LogP contribution in [0.2, 0.25) is 0 Å². The summed E-state index contributed by atoms with van der Waals surface area (Å²) >= 11 is 0. The highest BCUT2D eigenvalue weighted by atomic mass is 19.3. The van der Waals surface area contributed by atoms with Crippen LogP contribution in [0.5, 0.6) is 0 Å². The van der Waals surface area contributed by atoms with Crippen LogP contribution in [0.25, 0.3) is 22.5 Å². The quantitative estimate of drug-likeness (QED) is 0.327. The monoisotopic (exact) mass is 465 g/mol. The van der Waals surface area contributed by atoms with E-state index >= 15 is 0 Å². The molecule has 7 nitrogen and oxygen atoms in total. The number of tetrazole rings is 1. The maximum Gasteiger partial charge on any atom is 0.308 e. The number of H-pyrrole nitrogens is 1. The van der Waals surface area contributed by atoms with Crippen molar-refractivity contribution < 1.29 is 8.78 Å². The Labute approximate surface area is 197 Å². The zero-order valence-electron chi connectivity index (χ0n) is 19.7. The molecule has 2 aromatic carbocycles. The van der Waals surface area contributed by atoms with E-state index in [-0.39, 0.29) is 18.2 Å². The van der Waals surface area contributed by atoms with Crippen LogP contribution < -0.4 is 0 Å². The van der Waals surface area contributed by atoms with Gasteiger partial charge in [0.1, 0.15) is 5.82 Å². The summed E-state index contributed by atoms with van der Waals surface area (Å²) in [7, 11) is 0. The Kier molecular flexibility index (Phi) is 7.09. The van der Waals surface area contributed by atoms with E-state index in [4.69, 9.17) is 0 Å². The highest BCUT2D eigenvalue weighted by Gasteiger charge is 2.36. The number of nitrogens with one attached hydrogen (secondary N) is 1. The maximum absolute atomic E-state index is 14.7. The first-order valence-electron chi connectivity index (χ1n) is 11.6. The van der Waals surface area contributed by atoms with Gasteiger partial charge in [-0.05, 0) is 39.5 Å². The summed E-state index contributed by atoms with van der Waals surface area (Å²) in [5.74, 6) is -1.92. The van der Waals surface area contributed by atoms with E-state index in [1.54, 1.807) is 4.68 Å². The van der Waals surface area contributed by atoms with E-state index in [1.165, 1.54) is 0 Å². The number of nitrogens with zero attached hydrogens (tertiary/aromatic N) is 6. The van der Waals surface area contributed by atoms with Crippen molar-refractivity contribution in [3.8, 4) is 22.5 Å². The van der Waals surface area contributed by atoms with Crippen molar-refractivity contribution in [1.82, 2.24) is 35.4 Å². The Bertz CT molecular complexity index is 1200. The standard InChI is InChI=1S/C25H29F2N7/c1-4-5-14-25(26,27)24-28-22(15-17(2)3)34(31-24)16-18-10-12-19(13-11-18)20-8-6-7-9-21(20)23-29-32-33-30-23/h6-13,17H,4-5,14-16H2,1-3H3,(H,29,30,32,33). The molecule has 0 aliphatic rings. The Balaban J connectivity index is 1.59. The van der Waals surface area contributed by atoms with Gasteiger partial charge in [-0.2, -0.15) is 8.78 Å². The summed E-state index contributed by atoms with van der Waals surface area (Å²) in [6.45, 7) is 6.37. The molecule has 178 valence electrons. The molecule has 9 heteroatoms. The molecule has 2 heterocycles. The Morgan fingerprint density at radius 3 is 2.41 bits per heavy atom. The van der Waals surface area contributed by atoms with E-state index in [0.29, 0.717) is 37.5 Å². The second-order valence-corrected chi connectivity index (χ2v) is 8.91. The number of hydrogen-bond acceptors (Lipinski definition) is 5. The van der Waals surface area contributed by atoms with E-state index in [1.807, 2.05) is 69.3 Å². The molecule has 0 unspecified atom stereocenters. The highest BCUT2D eigenvalue weighted by Crippen LogP contribution is 2.32. The number of unbranched alkanes of at least 4 members (excludes halogenated alkanes) is 1. The van der Waals surface area contributed by atoms with Crippen molar-refractivity contribution in [2.24, 2.45) is 5.92 Å². The minimum atomic E-state index is -3.02. The second kappa shape index (κ2) is 10.2. The van der Waals surface area contributed by atoms with Crippen molar-refractivity contribution in [2.75, 3.05) is 0 Å². The van der Waals surface area contributed by atoms with Gasteiger partial charge in [-0.3, -0.25) is 0 Å². The number of halogens is 2. The number of aromatic amines is 1. The van der Waals surface area contributed by atoms with Gasteiger partial charge in [0.15, 0.2) is 5.82 Å². The van der Waals surface area contributed by atoms with Crippen molar-refractivity contribution in [3.63, 3.8) is 0 Å². The molecule has 0 spiro atoms. The van der Waals surface area contributed by atoms with E-state index in [0.717, 1.165) is 22.3 Å². The van der Waals surface area contributed by atoms with Gasteiger partial charge in [-0.15, -0.1) is 10.2 Å². The molecule has 0 bridgehead atoms. The molecule has 0 amide bonds. The molecule has 4 aromatic rings. The zero-order chi connectivity index (χ0) is 24.1. The molecule has 0 atom stereocenters. The van der Waals surface area contributed by atoms with Crippen LogP contribution in [0.3, 0.4) is 0 Å². The van der Waals surface area contributed by atoms with Crippen molar-refractivity contribution >= 4 is 0 Å². The first kappa shape index (κ1) is 23.7. The number of benzene rings is 2. The largest absolute Gasteiger partial charge is 0.308 e. The Hall–Kier alpha value is -3.49. The normalized spacial score (nSPS) is 11.9. The van der Waals surface area contributed by atoms with Crippen LogP contribution in [0.4, 0.5) is 8.78 Å². The van der Waals surface area contributed by atoms with Crippen LogP contribution in [-0.4, -0.2) is 35.4 Å².